The lowest BCUT2D eigenvalue weighted by molar-refractivity contribution is 0.393. The third-order valence-electron chi connectivity index (χ3n) is 3.79. The predicted octanol–water partition coefficient (Wildman–Crippen LogP) is 5.48. The minimum absolute atomic E-state index is 0.487. The van der Waals surface area contributed by atoms with E-state index in [0.29, 0.717) is 5.92 Å². The molecule has 0 aliphatic carbocycles. The van der Waals surface area contributed by atoms with E-state index in [9.17, 15) is 0 Å². The first-order valence-corrected chi connectivity index (χ1v) is 8.14. The van der Waals surface area contributed by atoms with Crippen molar-refractivity contribution in [2.24, 2.45) is 0 Å². The van der Waals surface area contributed by atoms with Crippen molar-refractivity contribution in [2.45, 2.75) is 90.4 Å². The highest BCUT2D eigenvalue weighted by atomic mass is 16.4. The van der Waals surface area contributed by atoms with Gasteiger partial charge in [0, 0.05) is 5.92 Å². The molecular weight excluding hydrogens is 236 g/mol. The van der Waals surface area contributed by atoms with Crippen LogP contribution in [0.5, 0.6) is 0 Å². The lowest BCUT2D eigenvalue weighted by Crippen LogP contribution is -2.00. The van der Waals surface area contributed by atoms with Crippen molar-refractivity contribution >= 4 is 0 Å². The van der Waals surface area contributed by atoms with Crippen molar-refractivity contribution in [1.82, 2.24) is 10.2 Å². The minimum atomic E-state index is 0.487. The molecule has 0 amide bonds. The van der Waals surface area contributed by atoms with Crippen LogP contribution in [0.25, 0.3) is 0 Å². The fourth-order valence-electron chi connectivity index (χ4n) is 2.56. The van der Waals surface area contributed by atoms with Crippen molar-refractivity contribution in [3.8, 4) is 0 Å². The van der Waals surface area contributed by atoms with Crippen molar-refractivity contribution in [1.29, 1.82) is 0 Å². The van der Waals surface area contributed by atoms with Crippen molar-refractivity contribution in [3.63, 3.8) is 0 Å². The zero-order valence-corrected chi connectivity index (χ0v) is 12.7. The van der Waals surface area contributed by atoms with Gasteiger partial charge in [0.25, 0.3) is 0 Å². The van der Waals surface area contributed by atoms with Gasteiger partial charge in [0.2, 0.25) is 12.3 Å². The Morgan fingerprint density at radius 1 is 0.895 bits per heavy atom. The molecule has 1 aromatic heterocycles. The summed E-state index contributed by atoms with van der Waals surface area (Å²) in [6.45, 7) is 4.51. The van der Waals surface area contributed by atoms with E-state index < -0.39 is 0 Å². The molecule has 0 aliphatic heterocycles. The highest BCUT2D eigenvalue weighted by Crippen LogP contribution is 2.27. The molecule has 0 fully saturated rings. The molecule has 19 heavy (non-hydrogen) atoms. The SMILES string of the molecule is CCCCCCCC(CCCCCC)c1nnco1. The third kappa shape index (κ3) is 7.34. The molecule has 0 aliphatic rings. The average molecular weight is 266 g/mol. The molecule has 0 radical (unpaired) electrons. The van der Waals surface area contributed by atoms with Crippen LogP contribution < -0.4 is 0 Å². The third-order valence-corrected chi connectivity index (χ3v) is 3.79. The first-order chi connectivity index (χ1) is 9.38. The van der Waals surface area contributed by atoms with Gasteiger partial charge in [-0.15, -0.1) is 10.2 Å². The molecule has 110 valence electrons. The molecular formula is C16H30N2O. The molecule has 1 aromatic rings. The number of hydrogen-bond acceptors (Lipinski definition) is 3. The topological polar surface area (TPSA) is 38.9 Å². The van der Waals surface area contributed by atoms with E-state index in [1.165, 1.54) is 77.0 Å². The van der Waals surface area contributed by atoms with Crippen LogP contribution in [0.15, 0.2) is 10.8 Å². The summed E-state index contributed by atoms with van der Waals surface area (Å²) in [4.78, 5) is 0. The first-order valence-electron chi connectivity index (χ1n) is 8.14. The molecule has 1 heterocycles. The molecule has 0 spiro atoms. The van der Waals surface area contributed by atoms with Crippen LogP contribution in [-0.4, -0.2) is 10.2 Å². The lowest BCUT2D eigenvalue weighted by Gasteiger charge is -2.12. The predicted molar refractivity (Wildman–Crippen MR) is 79.2 cm³/mol. The van der Waals surface area contributed by atoms with Gasteiger partial charge in [0.1, 0.15) is 0 Å². The standard InChI is InChI=1S/C16H30N2O/c1-3-5-7-9-11-13-15(12-10-8-6-4-2)16-18-17-14-19-16/h14-15H,3-13H2,1-2H3. The molecule has 0 saturated heterocycles. The van der Waals surface area contributed by atoms with Crippen LogP contribution in [0.4, 0.5) is 0 Å². The Hall–Kier alpha value is -0.860. The van der Waals surface area contributed by atoms with E-state index >= 15 is 0 Å². The maximum atomic E-state index is 5.41. The lowest BCUT2D eigenvalue weighted by atomic mass is 9.94. The summed E-state index contributed by atoms with van der Waals surface area (Å²) in [6, 6.07) is 0. The van der Waals surface area contributed by atoms with Crippen molar-refractivity contribution in [3.05, 3.63) is 12.3 Å². The Labute approximate surface area is 118 Å². The summed E-state index contributed by atoms with van der Waals surface area (Å²) >= 11 is 0. The van der Waals surface area contributed by atoms with E-state index in [1.807, 2.05) is 0 Å². The zero-order valence-electron chi connectivity index (χ0n) is 12.7. The number of aromatic nitrogens is 2. The summed E-state index contributed by atoms with van der Waals surface area (Å²) in [5, 5.41) is 7.94. The molecule has 0 N–H and O–H groups in total. The summed E-state index contributed by atoms with van der Waals surface area (Å²) in [5.74, 6) is 1.34. The van der Waals surface area contributed by atoms with Crippen LogP contribution in [-0.2, 0) is 0 Å². The second kappa shape index (κ2) is 11.0. The second-order valence-electron chi connectivity index (χ2n) is 5.53. The Morgan fingerprint density at radius 3 is 2.00 bits per heavy atom. The van der Waals surface area contributed by atoms with Crippen molar-refractivity contribution in [2.75, 3.05) is 0 Å². The van der Waals surface area contributed by atoms with E-state index in [4.69, 9.17) is 4.42 Å². The Balaban J connectivity index is 2.25. The fraction of sp³-hybridized carbons (Fsp3) is 0.875. The van der Waals surface area contributed by atoms with Gasteiger partial charge in [0.15, 0.2) is 0 Å². The van der Waals surface area contributed by atoms with Crippen LogP contribution in [0, 0.1) is 0 Å². The summed E-state index contributed by atoms with van der Waals surface area (Å²) in [6.07, 6.45) is 15.8. The average Bonchev–Trinajstić information content (AvgIpc) is 2.95. The molecule has 3 heteroatoms. The summed E-state index contributed by atoms with van der Waals surface area (Å²) < 4.78 is 5.41. The van der Waals surface area contributed by atoms with Crippen LogP contribution >= 0.6 is 0 Å². The van der Waals surface area contributed by atoms with E-state index in [0.717, 1.165) is 5.89 Å². The number of nitrogens with zero attached hydrogens (tertiary/aromatic N) is 2. The molecule has 1 atom stereocenters. The van der Waals surface area contributed by atoms with Crippen LogP contribution in [0.3, 0.4) is 0 Å². The van der Waals surface area contributed by atoms with Gasteiger partial charge in [0.05, 0.1) is 0 Å². The normalized spacial score (nSPS) is 12.7. The van der Waals surface area contributed by atoms with E-state index in [2.05, 4.69) is 24.0 Å². The molecule has 1 rings (SSSR count). The monoisotopic (exact) mass is 266 g/mol. The maximum absolute atomic E-state index is 5.41. The highest BCUT2D eigenvalue weighted by molar-refractivity contribution is 4.87. The quantitative estimate of drug-likeness (QED) is 0.470. The van der Waals surface area contributed by atoms with Crippen LogP contribution in [0.2, 0.25) is 0 Å². The van der Waals surface area contributed by atoms with Gasteiger partial charge in [-0.25, -0.2) is 0 Å². The molecule has 3 nitrogen and oxygen atoms in total. The van der Waals surface area contributed by atoms with Crippen molar-refractivity contribution < 1.29 is 4.42 Å². The van der Waals surface area contributed by atoms with E-state index in [1.54, 1.807) is 0 Å². The second-order valence-corrected chi connectivity index (χ2v) is 5.53. The zero-order chi connectivity index (χ0) is 13.8. The number of unbranched alkanes of at least 4 members (excludes halogenated alkanes) is 7. The Kier molecular flexibility index (Phi) is 9.38. The Bertz CT molecular complexity index is 285. The minimum Gasteiger partial charge on any atom is -0.428 e. The number of hydrogen-bond donors (Lipinski definition) is 0. The Morgan fingerprint density at radius 2 is 1.47 bits per heavy atom. The van der Waals surface area contributed by atoms with Gasteiger partial charge in [-0.05, 0) is 12.8 Å². The van der Waals surface area contributed by atoms with Gasteiger partial charge in [-0.1, -0.05) is 71.6 Å². The first kappa shape index (κ1) is 16.2. The van der Waals surface area contributed by atoms with Crippen LogP contribution in [0.1, 0.15) is 96.3 Å². The van der Waals surface area contributed by atoms with Gasteiger partial charge < -0.3 is 4.42 Å². The summed E-state index contributed by atoms with van der Waals surface area (Å²) in [5.41, 5.74) is 0. The smallest absolute Gasteiger partial charge is 0.219 e. The molecule has 0 bridgehead atoms. The van der Waals surface area contributed by atoms with Gasteiger partial charge in [-0.3, -0.25) is 0 Å². The van der Waals surface area contributed by atoms with E-state index in [-0.39, 0.29) is 0 Å². The fourth-order valence-corrected chi connectivity index (χ4v) is 2.56. The number of rotatable bonds is 12. The maximum Gasteiger partial charge on any atom is 0.219 e. The molecule has 1 unspecified atom stereocenters. The molecule has 0 saturated carbocycles. The largest absolute Gasteiger partial charge is 0.428 e. The van der Waals surface area contributed by atoms with Gasteiger partial charge >= 0.3 is 0 Å². The highest BCUT2D eigenvalue weighted by Gasteiger charge is 2.16. The van der Waals surface area contributed by atoms with Gasteiger partial charge in [-0.2, -0.15) is 0 Å². The summed E-state index contributed by atoms with van der Waals surface area (Å²) in [7, 11) is 0. The molecule has 0 aromatic carbocycles.